The van der Waals surface area contributed by atoms with Gasteiger partial charge < -0.3 is 25.4 Å². The Labute approximate surface area is 244 Å². The molecule has 3 aromatic rings. The number of para-hydroxylation sites is 1. The van der Waals surface area contributed by atoms with Gasteiger partial charge in [0.05, 0.1) is 37.1 Å². The molecule has 43 heavy (non-hydrogen) atoms. The van der Waals surface area contributed by atoms with Gasteiger partial charge in [0.1, 0.15) is 22.9 Å². The fourth-order valence-corrected chi connectivity index (χ4v) is 6.41. The van der Waals surface area contributed by atoms with Gasteiger partial charge >= 0.3 is 6.18 Å². The van der Waals surface area contributed by atoms with Crippen molar-refractivity contribution in [2.75, 3.05) is 49.4 Å². The van der Waals surface area contributed by atoms with Gasteiger partial charge in [0.2, 0.25) is 0 Å². The quantitative estimate of drug-likeness (QED) is 0.307. The van der Waals surface area contributed by atoms with Crippen LogP contribution in [0.1, 0.15) is 45.5 Å². The van der Waals surface area contributed by atoms with Gasteiger partial charge in [-0.25, -0.2) is 9.37 Å². The number of amides is 2. The average Bonchev–Trinajstić information content (AvgIpc) is 2.95. The van der Waals surface area contributed by atoms with Crippen LogP contribution in [0.2, 0.25) is 0 Å². The van der Waals surface area contributed by atoms with Gasteiger partial charge in [-0.2, -0.15) is 13.2 Å². The maximum absolute atomic E-state index is 13.7. The molecule has 3 N–H and O–H groups in total. The standard InChI is InChI=1S/C30H29F4N5O4/c1-42-23-8-9-35-25(38-28-15-29(16-28,17-28)39-10-12-43-13-11-39)24(23)27(41)37-22-5-3-2-4-19(22)26(40)36-18-6-7-21(31)20(14-18)30(32,33)34/h2-9,14H,10-13,15-17H2,1H3,(H,35,38)(H,36,40)(H,37,41). The maximum atomic E-state index is 13.7. The van der Waals surface area contributed by atoms with Crippen LogP contribution in [0, 0.1) is 5.82 Å². The van der Waals surface area contributed by atoms with Crippen molar-refractivity contribution in [1.29, 1.82) is 0 Å². The molecular weight excluding hydrogens is 570 g/mol. The molecule has 9 nitrogen and oxygen atoms in total. The first-order valence-electron chi connectivity index (χ1n) is 13.8. The van der Waals surface area contributed by atoms with Gasteiger partial charge in [-0.05, 0) is 55.7 Å². The Morgan fingerprint density at radius 2 is 1.72 bits per heavy atom. The van der Waals surface area contributed by atoms with Gasteiger partial charge in [-0.1, -0.05) is 12.1 Å². The molecule has 4 fully saturated rings. The smallest absolute Gasteiger partial charge is 0.419 e. The van der Waals surface area contributed by atoms with E-state index in [1.807, 2.05) is 0 Å². The summed E-state index contributed by atoms with van der Waals surface area (Å²) in [5, 5.41) is 8.55. The van der Waals surface area contributed by atoms with Crippen molar-refractivity contribution in [3.8, 4) is 5.75 Å². The Morgan fingerprint density at radius 3 is 2.42 bits per heavy atom. The summed E-state index contributed by atoms with van der Waals surface area (Å²) in [5.74, 6) is -2.22. The molecule has 7 rings (SSSR count). The number of carbonyl (C=O) groups excluding carboxylic acids is 2. The number of morpholine rings is 1. The van der Waals surface area contributed by atoms with Crippen LogP contribution in [-0.4, -0.2) is 66.2 Å². The first-order chi connectivity index (χ1) is 20.5. The minimum Gasteiger partial charge on any atom is -0.496 e. The van der Waals surface area contributed by atoms with E-state index in [1.165, 1.54) is 19.2 Å². The molecule has 0 unspecified atom stereocenters. The zero-order valence-corrected chi connectivity index (χ0v) is 23.2. The highest BCUT2D eigenvalue weighted by molar-refractivity contribution is 6.14. The Hall–Kier alpha value is -4.23. The minimum atomic E-state index is -4.94. The van der Waals surface area contributed by atoms with E-state index >= 15 is 0 Å². The number of carbonyl (C=O) groups is 2. The van der Waals surface area contributed by atoms with Crippen molar-refractivity contribution in [2.45, 2.75) is 36.5 Å². The van der Waals surface area contributed by atoms with Gasteiger partial charge in [0.15, 0.2) is 0 Å². The van der Waals surface area contributed by atoms with Crippen LogP contribution >= 0.6 is 0 Å². The minimum absolute atomic E-state index is 0.0158. The number of halogens is 4. The Bertz CT molecular complexity index is 1550. The number of nitrogens with one attached hydrogen (secondary N) is 3. The number of ether oxygens (including phenoxy) is 2. The molecule has 1 aliphatic heterocycles. The van der Waals surface area contributed by atoms with E-state index in [0.29, 0.717) is 18.0 Å². The second-order valence-electron chi connectivity index (χ2n) is 11.1. The summed E-state index contributed by atoms with van der Waals surface area (Å²) in [6.07, 6.45) is -0.638. The zero-order valence-electron chi connectivity index (χ0n) is 23.2. The summed E-state index contributed by atoms with van der Waals surface area (Å²) >= 11 is 0. The number of methoxy groups -OCH3 is 1. The van der Waals surface area contributed by atoms with Gasteiger partial charge in [-0.15, -0.1) is 0 Å². The molecule has 3 aliphatic carbocycles. The number of nitrogens with zero attached hydrogens (tertiary/aromatic N) is 2. The highest BCUT2D eigenvalue weighted by Gasteiger charge is 2.70. The van der Waals surface area contributed by atoms with E-state index in [1.54, 1.807) is 24.4 Å². The molecule has 13 heteroatoms. The molecule has 2 heterocycles. The number of hydrogen-bond acceptors (Lipinski definition) is 7. The van der Waals surface area contributed by atoms with Gasteiger partial charge in [-0.3, -0.25) is 14.5 Å². The number of alkyl halides is 3. The van der Waals surface area contributed by atoms with E-state index in [2.05, 4.69) is 25.8 Å². The van der Waals surface area contributed by atoms with E-state index in [4.69, 9.17) is 9.47 Å². The van der Waals surface area contributed by atoms with E-state index in [9.17, 15) is 27.2 Å². The fourth-order valence-electron chi connectivity index (χ4n) is 6.41. The number of benzene rings is 2. The predicted molar refractivity (Wildman–Crippen MR) is 150 cm³/mol. The average molecular weight is 600 g/mol. The van der Waals surface area contributed by atoms with E-state index in [0.717, 1.165) is 51.6 Å². The number of anilines is 3. The van der Waals surface area contributed by atoms with Crippen LogP contribution in [0.15, 0.2) is 54.7 Å². The maximum Gasteiger partial charge on any atom is 0.419 e. The normalized spacial score (nSPS) is 23.0. The number of aromatic nitrogens is 1. The van der Waals surface area contributed by atoms with E-state index < -0.39 is 29.4 Å². The summed E-state index contributed by atoms with van der Waals surface area (Å²) in [6.45, 7) is 3.25. The van der Waals surface area contributed by atoms with Crippen LogP contribution in [0.4, 0.5) is 34.8 Å². The van der Waals surface area contributed by atoms with Crippen LogP contribution in [0.25, 0.3) is 0 Å². The topological polar surface area (TPSA) is 105 Å². The molecule has 4 aliphatic rings. The molecule has 1 saturated heterocycles. The summed E-state index contributed by atoms with van der Waals surface area (Å²) in [5.41, 5.74) is -1.55. The first kappa shape index (κ1) is 28.9. The van der Waals surface area contributed by atoms with Crippen LogP contribution in [0.5, 0.6) is 5.75 Å². The summed E-state index contributed by atoms with van der Waals surface area (Å²) in [4.78, 5) is 33.7. The first-order valence-corrected chi connectivity index (χ1v) is 13.8. The SMILES string of the molecule is COc1ccnc(NC23CC(N4CCOCC4)(C2)C3)c1C(=O)Nc1ccccc1C(=O)Nc1ccc(F)c(C(F)(F)F)c1. The number of hydrogen-bond donors (Lipinski definition) is 3. The van der Waals surface area contributed by atoms with Gasteiger partial charge in [0, 0.05) is 36.1 Å². The van der Waals surface area contributed by atoms with Gasteiger partial charge in [0.25, 0.3) is 11.8 Å². The number of rotatable bonds is 8. The largest absolute Gasteiger partial charge is 0.496 e. The highest BCUT2D eigenvalue weighted by atomic mass is 19.4. The molecule has 0 radical (unpaired) electrons. The summed E-state index contributed by atoms with van der Waals surface area (Å²) in [7, 11) is 1.43. The van der Waals surface area contributed by atoms with Crippen molar-refractivity contribution in [2.24, 2.45) is 0 Å². The molecule has 1 aromatic heterocycles. The summed E-state index contributed by atoms with van der Waals surface area (Å²) < 4.78 is 64.2. The van der Waals surface area contributed by atoms with Crippen molar-refractivity contribution in [3.63, 3.8) is 0 Å². The van der Waals surface area contributed by atoms with Crippen LogP contribution in [0.3, 0.4) is 0 Å². The highest BCUT2D eigenvalue weighted by Crippen LogP contribution is 2.65. The second kappa shape index (κ2) is 10.8. The van der Waals surface area contributed by atoms with E-state index in [-0.39, 0.29) is 39.3 Å². The molecule has 0 atom stereocenters. The molecule has 226 valence electrons. The third-order valence-corrected chi connectivity index (χ3v) is 8.38. The third-order valence-electron chi connectivity index (χ3n) is 8.38. The Kier molecular flexibility index (Phi) is 7.25. The van der Waals surface area contributed by atoms with Crippen LogP contribution < -0.4 is 20.7 Å². The lowest BCUT2D eigenvalue weighted by molar-refractivity contribution is -0.172. The summed E-state index contributed by atoms with van der Waals surface area (Å²) in [6, 6.07) is 9.76. The lowest BCUT2D eigenvalue weighted by Crippen LogP contribution is -2.82. The molecule has 2 aromatic carbocycles. The Morgan fingerprint density at radius 1 is 1.00 bits per heavy atom. The molecule has 0 spiro atoms. The van der Waals surface area contributed by atoms with Crippen molar-refractivity contribution < 1.29 is 36.6 Å². The lowest BCUT2D eigenvalue weighted by Gasteiger charge is -2.74. The van der Waals surface area contributed by atoms with Crippen molar-refractivity contribution in [1.82, 2.24) is 9.88 Å². The predicted octanol–water partition coefficient (Wildman–Crippen LogP) is 5.17. The lowest BCUT2D eigenvalue weighted by atomic mass is 9.43. The fraction of sp³-hybridized carbons (Fsp3) is 0.367. The molecule has 3 saturated carbocycles. The molecule has 2 amide bonds. The second-order valence-corrected chi connectivity index (χ2v) is 11.1. The molecular formula is C30H29F4N5O4. The van der Waals surface area contributed by atoms with Crippen molar-refractivity contribution in [3.05, 3.63) is 77.2 Å². The van der Waals surface area contributed by atoms with Crippen molar-refractivity contribution >= 4 is 29.0 Å². The number of pyridine rings is 1. The van der Waals surface area contributed by atoms with Crippen LogP contribution in [-0.2, 0) is 10.9 Å². The molecule has 2 bridgehead atoms. The zero-order chi connectivity index (χ0) is 30.4. The Balaban J connectivity index is 1.20. The monoisotopic (exact) mass is 599 g/mol. The third kappa shape index (κ3) is 5.38.